The van der Waals surface area contributed by atoms with E-state index in [0.717, 1.165) is 24.0 Å². The molecule has 2 nitrogen and oxygen atoms in total. The van der Waals surface area contributed by atoms with E-state index in [1.807, 2.05) is 30.3 Å². The first-order valence-corrected chi connectivity index (χ1v) is 8.90. The number of rotatable bonds is 7. The number of hydrogen-bond acceptors (Lipinski definition) is 2. The van der Waals surface area contributed by atoms with Crippen molar-refractivity contribution < 1.29 is 9.53 Å². The van der Waals surface area contributed by atoms with Gasteiger partial charge in [0.05, 0.1) is 0 Å². The standard InChI is InChI=1S/C20H27ClO2/c1-6-11-20(19(22)23-18(13(2)3)14(4)5)12-16(20)15-9-7-8-10-17(15)21/h7-10,12-14,18H,6,11H2,1-5H3/t20-/m1/s1. The lowest BCUT2D eigenvalue weighted by Gasteiger charge is -2.28. The number of hydrogen-bond donors (Lipinski definition) is 0. The van der Waals surface area contributed by atoms with Gasteiger partial charge in [-0.3, -0.25) is 4.79 Å². The summed E-state index contributed by atoms with van der Waals surface area (Å²) in [6, 6.07) is 7.69. The summed E-state index contributed by atoms with van der Waals surface area (Å²) in [6.45, 7) is 10.5. The van der Waals surface area contributed by atoms with Crippen molar-refractivity contribution in [3.8, 4) is 0 Å². The van der Waals surface area contributed by atoms with E-state index in [4.69, 9.17) is 16.3 Å². The Morgan fingerprint density at radius 2 is 1.78 bits per heavy atom. The lowest BCUT2D eigenvalue weighted by molar-refractivity contribution is -0.159. The predicted molar refractivity (Wildman–Crippen MR) is 96.3 cm³/mol. The first-order chi connectivity index (χ1) is 10.8. The smallest absolute Gasteiger partial charge is 0.320 e. The molecule has 23 heavy (non-hydrogen) atoms. The molecule has 0 aromatic heterocycles. The number of benzene rings is 1. The Labute approximate surface area is 144 Å². The van der Waals surface area contributed by atoms with Crippen molar-refractivity contribution in [1.82, 2.24) is 0 Å². The highest BCUT2D eigenvalue weighted by atomic mass is 35.5. The molecule has 0 heterocycles. The van der Waals surface area contributed by atoms with Crippen molar-refractivity contribution in [1.29, 1.82) is 0 Å². The van der Waals surface area contributed by atoms with Gasteiger partial charge >= 0.3 is 5.97 Å². The molecule has 0 N–H and O–H groups in total. The summed E-state index contributed by atoms with van der Waals surface area (Å²) in [5.41, 5.74) is 1.38. The van der Waals surface area contributed by atoms with Crippen LogP contribution in [0.2, 0.25) is 5.02 Å². The lowest BCUT2D eigenvalue weighted by Crippen LogP contribution is -2.33. The minimum atomic E-state index is -0.582. The van der Waals surface area contributed by atoms with Gasteiger partial charge in [0.2, 0.25) is 0 Å². The van der Waals surface area contributed by atoms with Gasteiger partial charge in [0.25, 0.3) is 0 Å². The Balaban J connectivity index is 2.21. The van der Waals surface area contributed by atoms with Crippen LogP contribution in [0, 0.1) is 17.3 Å². The molecule has 0 saturated carbocycles. The van der Waals surface area contributed by atoms with Gasteiger partial charge in [0.15, 0.2) is 0 Å². The van der Waals surface area contributed by atoms with Crippen LogP contribution in [-0.4, -0.2) is 12.1 Å². The molecular formula is C20H27ClO2. The molecule has 1 aromatic rings. The van der Waals surface area contributed by atoms with E-state index in [1.165, 1.54) is 0 Å². The quantitative estimate of drug-likeness (QED) is 0.594. The summed E-state index contributed by atoms with van der Waals surface area (Å²) in [6.07, 6.45) is 3.67. The highest BCUT2D eigenvalue weighted by Crippen LogP contribution is 2.56. The van der Waals surface area contributed by atoms with Gasteiger partial charge in [-0.2, -0.15) is 0 Å². The second-order valence-electron chi connectivity index (χ2n) is 7.12. The van der Waals surface area contributed by atoms with Crippen molar-refractivity contribution in [3.05, 3.63) is 40.9 Å². The molecule has 126 valence electrons. The van der Waals surface area contributed by atoms with Crippen LogP contribution in [0.1, 0.15) is 53.0 Å². The average Bonchev–Trinajstić information content (AvgIpc) is 3.20. The average molecular weight is 335 g/mol. The Morgan fingerprint density at radius 1 is 1.17 bits per heavy atom. The highest BCUT2D eigenvalue weighted by molar-refractivity contribution is 6.33. The minimum absolute atomic E-state index is 0.0577. The number of ether oxygens (including phenoxy) is 1. The molecule has 1 aromatic carbocycles. The number of carbonyl (C=O) groups is 1. The lowest BCUT2D eigenvalue weighted by atomic mass is 9.90. The summed E-state index contributed by atoms with van der Waals surface area (Å²) in [7, 11) is 0. The first kappa shape index (κ1) is 18.1. The zero-order chi connectivity index (χ0) is 17.2. The molecule has 2 rings (SSSR count). The fourth-order valence-electron chi connectivity index (χ4n) is 3.35. The van der Waals surface area contributed by atoms with Crippen LogP contribution >= 0.6 is 11.6 Å². The van der Waals surface area contributed by atoms with Gasteiger partial charge in [-0.1, -0.05) is 76.9 Å². The molecule has 0 fully saturated rings. The van der Waals surface area contributed by atoms with Crippen molar-refractivity contribution in [2.75, 3.05) is 0 Å². The van der Waals surface area contributed by atoms with Crippen LogP contribution < -0.4 is 0 Å². The molecule has 0 saturated heterocycles. The van der Waals surface area contributed by atoms with Gasteiger partial charge in [-0.15, -0.1) is 0 Å². The molecule has 0 spiro atoms. The van der Waals surface area contributed by atoms with E-state index in [2.05, 4.69) is 34.6 Å². The molecule has 1 aliphatic carbocycles. The van der Waals surface area contributed by atoms with Gasteiger partial charge in [0, 0.05) is 5.02 Å². The minimum Gasteiger partial charge on any atom is -0.461 e. The van der Waals surface area contributed by atoms with E-state index in [-0.39, 0.29) is 12.1 Å². The van der Waals surface area contributed by atoms with Crippen LogP contribution in [0.15, 0.2) is 30.3 Å². The summed E-state index contributed by atoms with van der Waals surface area (Å²) >= 11 is 6.31. The topological polar surface area (TPSA) is 26.3 Å². The third-order valence-electron chi connectivity index (χ3n) is 4.52. The Hall–Kier alpha value is -1.28. The maximum Gasteiger partial charge on any atom is 0.320 e. The van der Waals surface area contributed by atoms with E-state index >= 15 is 0 Å². The molecule has 1 atom stereocenters. The van der Waals surface area contributed by atoms with Gasteiger partial charge < -0.3 is 4.74 Å². The van der Waals surface area contributed by atoms with Crippen molar-refractivity contribution >= 4 is 23.1 Å². The Kier molecular flexibility index (Phi) is 5.57. The zero-order valence-electron chi connectivity index (χ0n) is 14.7. The van der Waals surface area contributed by atoms with Crippen molar-refractivity contribution in [2.45, 2.75) is 53.6 Å². The Morgan fingerprint density at radius 3 is 2.30 bits per heavy atom. The largest absolute Gasteiger partial charge is 0.461 e. The molecular weight excluding hydrogens is 308 g/mol. The van der Waals surface area contributed by atoms with Crippen LogP contribution in [0.5, 0.6) is 0 Å². The zero-order valence-corrected chi connectivity index (χ0v) is 15.5. The monoisotopic (exact) mass is 334 g/mol. The SMILES string of the molecule is CCC[C@@]1(C(=O)OC(C(C)C)C(C)C)C=C1c1ccccc1Cl. The van der Waals surface area contributed by atoms with Crippen molar-refractivity contribution in [3.63, 3.8) is 0 Å². The summed E-state index contributed by atoms with van der Waals surface area (Å²) in [5.74, 6) is 0.488. The number of halogens is 1. The van der Waals surface area contributed by atoms with Crippen LogP contribution in [-0.2, 0) is 9.53 Å². The fraction of sp³-hybridized carbons (Fsp3) is 0.550. The molecule has 0 unspecified atom stereocenters. The molecule has 0 bridgehead atoms. The maximum atomic E-state index is 12.9. The van der Waals surface area contributed by atoms with Gasteiger partial charge in [-0.05, 0) is 35.5 Å². The normalized spacial score (nSPS) is 20.1. The van der Waals surface area contributed by atoms with E-state index in [0.29, 0.717) is 16.9 Å². The third kappa shape index (κ3) is 3.63. The highest BCUT2D eigenvalue weighted by Gasteiger charge is 2.53. The number of carbonyl (C=O) groups excluding carboxylic acids is 1. The number of esters is 1. The second kappa shape index (κ2) is 7.09. The molecule has 0 radical (unpaired) electrons. The van der Waals surface area contributed by atoms with Gasteiger partial charge in [-0.25, -0.2) is 0 Å². The third-order valence-corrected chi connectivity index (χ3v) is 4.85. The second-order valence-corrected chi connectivity index (χ2v) is 7.52. The predicted octanol–water partition coefficient (Wildman–Crippen LogP) is 5.75. The Bertz CT molecular complexity index is 595. The van der Waals surface area contributed by atoms with Gasteiger partial charge in [0.1, 0.15) is 11.5 Å². The first-order valence-electron chi connectivity index (χ1n) is 8.52. The molecule has 0 aliphatic heterocycles. The van der Waals surface area contributed by atoms with Crippen LogP contribution in [0.3, 0.4) is 0 Å². The van der Waals surface area contributed by atoms with E-state index < -0.39 is 5.41 Å². The van der Waals surface area contributed by atoms with Crippen LogP contribution in [0.4, 0.5) is 0 Å². The molecule has 0 amide bonds. The summed E-state index contributed by atoms with van der Waals surface area (Å²) < 4.78 is 5.91. The summed E-state index contributed by atoms with van der Waals surface area (Å²) in [5, 5.41) is 0.689. The molecule has 3 heteroatoms. The summed E-state index contributed by atoms with van der Waals surface area (Å²) in [4.78, 5) is 12.9. The van der Waals surface area contributed by atoms with E-state index in [1.54, 1.807) is 0 Å². The van der Waals surface area contributed by atoms with E-state index in [9.17, 15) is 4.79 Å². The maximum absolute atomic E-state index is 12.9. The fourth-order valence-corrected chi connectivity index (χ4v) is 3.59. The van der Waals surface area contributed by atoms with Crippen LogP contribution in [0.25, 0.3) is 5.57 Å². The van der Waals surface area contributed by atoms with Crippen molar-refractivity contribution in [2.24, 2.45) is 17.3 Å². The molecule has 1 aliphatic rings.